The molecule has 5 nitrogen and oxygen atoms in total. The Balaban J connectivity index is 2.19. The van der Waals surface area contributed by atoms with Crippen LogP contribution in [0.25, 0.3) is 6.08 Å². The van der Waals surface area contributed by atoms with Crippen molar-refractivity contribution in [1.29, 1.82) is 5.26 Å². The first-order valence-electron chi connectivity index (χ1n) is 7.12. The summed E-state index contributed by atoms with van der Waals surface area (Å²) in [6.07, 6.45) is 3.29. The third-order valence-corrected chi connectivity index (χ3v) is 4.64. The van der Waals surface area contributed by atoms with Crippen LogP contribution in [-0.2, 0) is 16.6 Å². The van der Waals surface area contributed by atoms with Gasteiger partial charge in [0.1, 0.15) is 0 Å². The summed E-state index contributed by atoms with van der Waals surface area (Å²) in [5, 5.41) is 9.92. The molecule has 1 aromatic heterocycles. The average molecular weight is 327 g/mol. The molecule has 2 rings (SSSR count). The summed E-state index contributed by atoms with van der Waals surface area (Å²) in [7, 11) is -3.63. The molecule has 0 spiro atoms. The minimum Gasteiger partial charge on any atom is -0.260 e. The Hall–Kier alpha value is -2.49. The predicted octanol–water partition coefficient (Wildman–Crippen LogP) is 2.80. The molecule has 0 amide bonds. The van der Waals surface area contributed by atoms with Gasteiger partial charge in [0.25, 0.3) is 0 Å². The van der Waals surface area contributed by atoms with Crippen molar-refractivity contribution < 1.29 is 8.42 Å². The second-order valence-electron chi connectivity index (χ2n) is 4.82. The summed E-state index contributed by atoms with van der Waals surface area (Å²) in [5.41, 5.74) is 1.44. The van der Waals surface area contributed by atoms with Crippen molar-refractivity contribution in [2.45, 2.75) is 13.0 Å². The summed E-state index contributed by atoms with van der Waals surface area (Å²) in [5.74, 6) is 0. The van der Waals surface area contributed by atoms with E-state index in [2.05, 4.69) is 4.98 Å². The van der Waals surface area contributed by atoms with Gasteiger partial charge in [-0.1, -0.05) is 36.4 Å². The van der Waals surface area contributed by atoms with Crippen LogP contribution in [-0.4, -0.2) is 24.3 Å². The van der Waals surface area contributed by atoms with E-state index in [1.165, 1.54) is 9.71 Å². The number of nitriles is 1. The average Bonchev–Trinajstić information content (AvgIpc) is 2.58. The Bertz CT molecular complexity index is 782. The topological polar surface area (TPSA) is 74.1 Å². The zero-order valence-electron chi connectivity index (χ0n) is 12.5. The molecule has 0 saturated carbocycles. The van der Waals surface area contributed by atoms with Crippen molar-refractivity contribution in [3.05, 3.63) is 71.4 Å². The maximum Gasteiger partial charge on any atom is 0.236 e. The minimum atomic E-state index is -3.63. The maximum atomic E-state index is 12.5. The summed E-state index contributed by atoms with van der Waals surface area (Å²) in [4.78, 5) is 4.15. The number of nitrogens with zero attached hydrogens (tertiary/aromatic N) is 3. The van der Waals surface area contributed by atoms with Gasteiger partial charge in [0.2, 0.25) is 10.0 Å². The molecule has 118 valence electrons. The van der Waals surface area contributed by atoms with Crippen LogP contribution < -0.4 is 0 Å². The molecule has 1 heterocycles. The van der Waals surface area contributed by atoms with Crippen LogP contribution in [0, 0.1) is 11.3 Å². The lowest BCUT2D eigenvalue weighted by Crippen LogP contribution is -2.30. The molecule has 0 bridgehead atoms. The SMILES string of the molecule is N#CCCN(Cc1ccccn1)S(=O)(=O)C=Cc1ccccc1. The molecule has 0 aliphatic heterocycles. The zero-order chi connectivity index (χ0) is 16.5. The highest BCUT2D eigenvalue weighted by Gasteiger charge is 2.19. The summed E-state index contributed by atoms with van der Waals surface area (Å²) < 4.78 is 26.3. The molecule has 0 N–H and O–H groups in total. The van der Waals surface area contributed by atoms with E-state index in [1.807, 2.05) is 36.4 Å². The third-order valence-electron chi connectivity index (χ3n) is 3.13. The van der Waals surface area contributed by atoms with Gasteiger partial charge in [-0.05, 0) is 23.8 Å². The lowest BCUT2D eigenvalue weighted by molar-refractivity contribution is 0.415. The molecule has 0 fully saturated rings. The number of hydrogen-bond acceptors (Lipinski definition) is 4. The van der Waals surface area contributed by atoms with Gasteiger partial charge in [-0.3, -0.25) is 4.98 Å². The Morgan fingerprint density at radius 2 is 1.87 bits per heavy atom. The van der Waals surface area contributed by atoms with Crippen molar-refractivity contribution >= 4 is 16.1 Å². The van der Waals surface area contributed by atoms with Crippen LogP contribution in [0.5, 0.6) is 0 Å². The minimum absolute atomic E-state index is 0.130. The highest BCUT2D eigenvalue weighted by Crippen LogP contribution is 2.12. The van der Waals surface area contributed by atoms with Gasteiger partial charge in [-0.2, -0.15) is 9.57 Å². The predicted molar refractivity (Wildman–Crippen MR) is 89.3 cm³/mol. The van der Waals surface area contributed by atoms with Gasteiger partial charge in [-0.25, -0.2) is 8.42 Å². The van der Waals surface area contributed by atoms with Gasteiger partial charge >= 0.3 is 0 Å². The van der Waals surface area contributed by atoms with Crippen LogP contribution in [0.15, 0.2) is 60.1 Å². The molecular weight excluding hydrogens is 310 g/mol. The monoisotopic (exact) mass is 327 g/mol. The van der Waals surface area contributed by atoms with E-state index < -0.39 is 10.0 Å². The Kier molecular flexibility index (Phi) is 6.03. The molecule has 0 saturated heterocycles. The van der Waals surface area contributed by atoms with Crippen molar-refractivity contribution in [1.82, 2.24) is 9.29 Å². The molecule has 1 aromatic carbocycles. The molecule has 6 heteroatoms. The Morgan fingerprint density at radius 3 is 2.52 bits per heavy atom. The fourth-order valence-corrected chi connectivity index (χ4v) is 3.12. The van der Waals surface area contributed by atoms with E-state index in [-0.39, 0.29) is 19.5 Å². The van der Waals surface area contributed by atoms with Gasteiger partial charge in [0.05, 0.1) is 18.3 Å². The van der Waals surface area contributed by atoms with E-state index in [9.17, 15) is 8.42 Å². The number of hydrogen-bond donors (Lipinski definition) is 0. The zero-order valence-corrected chi connectivity index (χ0v) is 13.4. The van der Waals surface area contributed by atoms with E-state index >= 15 is 0 Å². The van der Waals surface area contributed by atoms with Crippen molar-refractivity contribution in [2.75, 3.05) is 6.54 Å². The fourth-order valence-electron chi connectivity index (χ4n) is 1.96. The van der Waals surface area contributed by atoms with Crippen molar-refractivity contribution in [3.8, 4) is 6.07 Å². The first kappa shape index (κ1) is 16.9. The number of sulfonamides is 1. The van der Waals surface area contributed by atoms with E-state index in [1.54, 1.807) is 30.5 Å². The second-order valence-corrected chi connectivity index (χ2v) is 6.64. The summed E-state index contributed by atoms with van der Waals surface area (Å²) >= 11 is 0. The standard InChI is InChI=1S/C17H17N3O2S/c18-11-6-13-20(15-17-9-4-5-12-19-17)23(21,22)14-10-16-7-2-1-3-8-16/h1-5,7-10,12,14H,6,13,15H2. The van der Waals surface area contributed by atoms with Gasteiger partial charge in [0, 0.05) is 24.6 Å². The van der Waals surface area contributed by atoms with Crippen LogP contribution >= 0.6 is 0 Å². The van der Waals surface area contributed by atoms with Gasteiger partial charge in [0.15, 0.2) is 0 Å². The smallest absolute Gasteiger partial charge is 0.236 e. The number of benzene rings is 1. The fraction of sp³-hybridized carbons (Fsp3) is 0.176. The van der Waals surface area contributed by atoms with Gasteiger partial charge < -0.3 is 0 Å². The molecule has 2 aromatic rings. The van der Waals surface area contributed by atoms with Gasteiger partial charge in [-0.15, -0.1) is 0 Å². The Labute approximate surface area is 136 Å². The lowest BCUT2D eigenvalue weighted by Gasteiger charge is -2.18. The molecular formula is C17H17N3O2S. The highest BCUT2D eigenvalue weighted by atomic mass is 32.2. The van der Waals surface area contributed by atoms with E-state index in [0.717, 1.165) is 5.56 Å². The second kappa shape index (κ2) is 8.22. The molecule has 0 aliphatic carbocycles. The van der Waals surface area contributed by atoms with Crippen LogP contribution in [0.4, 0.5) is 0 Å². The van der Waals surface area contributed by atoms with Crippen LogP contribution in [0.2, 0.25) is 0 Å². The first-order chi connectivity index (χ1) is 11.1. The molecule has 0 atom stereocenters. The molecule has 0 unspecified atom stereocenters. The van der Waals surface area contributed by atoms with E-state index in [0.29, 0.717) is 5.69 Å². The number of rotatable bonds is 7. The normalized spacial score (nSPS) is 11.7. The summed E-state index contributed by atoms with van der Waals surface area (Å²) in [6.45, 7) is 0.276. The Morgan fingerprint density at radius 1 is 1.13 bits per heavy atom. The number of aromatic nitrogens is 1. The third kappa shape index (κ3) is 5.33. The molecule has 0 aliphatic rings. The molecule has 23 heavy (non-hydrogen) atoms. The lowest BCUT2D eigenvalue weighted by atomic mass is 10.2. The number of pyridine rings is 1. The highest BCUT2D eigenvalue weighted by molar-refractivity contribution is 7.92. The van der Waals surface area contributed by atoms with Crippen LogP contribution in [0.3, 0.4) is 0 Å². The molecule has 0 radical (unpaired) electrons. The van der Waals surface area contributed by atoms with Crippen molar-refractivity contribution in [3.63, 3.8) is 0 Å². The van der Waals surface area contributed by atoms with Crippen LogP contribution in [0.1, 0.15) is 17.7 Å². The maximum absolute atomic E-state index is 12.5. The van der Waals surface area contributed by atoms with Crippen molar-refractivity contribution in [2.24, 2.45) is 0 Å². The summed E-state index contributed by atoms with van der Waals surface area (Å²) in [6, 6.07) is 16.5. The first-order valence-corrected chi connectivity index (χ1v) is 8.62. The van der Waals surface area contributed by atoms with E-state index in [4.69, 9.17) is 5.26 Å². The quantitative estimate of drug-likeness (QED) is 0.784. The largest absolute Gasteiger partial charge is 0.260 e.